The van der Waals surface area contributed by atoms with Crippen molar-refractivity contribution in [3.8, 4) is 11.5 Å². The van der Waals surface area contributed by atoms with Gasteiger partial charge in [0.15, 0.2) is 11.5 Å². The number of ether oxygens (including phenoxy) is 2. The molecule has 21 heavy (non-hydrogen) atoms. The second kappa shape index (κ2) is 5.34. The van der Waals surface area contributed by atoms with Crippen molar-refractivity contribution < 1.29 is 17.0 Å². The molecule has 1 aromatic rings. The van der Waals surface area contributed by atoms with E-state index in [9.17, 15) is 4.79 Å². The summed E-state index contributed by atoms with van der Waals surface area (Å²) in [6.07, 6.45) is -0.381. The fourth-order valence-electron chi connectivity index (χ4n) is 3.68. The summed E-state index contributed by atoms with van der Waals surface area (Å²) in [6.45, 7) is 0.828. The van der Waals surface area contributed by atoms with E-state index in [1.54, 1.807) is 14.2 Å². The number of hydrogen-bond donors (Lipinski definition) is 0. The average molecular weight is 291 g/mol. The summed E-state index contributed by atoms with van der Waals surface area (Å²) in [5, 5.41) is 0. The minimum absolute atomic E-state index is 0.185. The highest BCUT2D eigenvalue weighted by Gasteiger charge is 2.50. The third-order valence-corrected chi connectivity index (χ3v) is 4.90. The molecule has 1 aromatic carbocycles. The van der Waals surface area contributed by atoms with Crippen LogP contribution in [0.4, 0.5) is 0 Å². The Balaban J connectivity index is 2.10. The lowest BCUT2D eigenvalue weighted by atomic mass is 9.66. The Morgan fingerprint density at radius 2 is 2.05 bits per heavy atom. The maximum Gasteiger partial charge on any atom is 0.161 e. The summed E-state index contributed by atoms with van der Waals surface area (Å²) in [4.78, 5) is 14.3. The van der Waals surface area contributed by atoms with Crippen LogP contribution in [0.2, 0.25) is 0 Å². The minimum Gasteiger partial charge on any atom is -0.493 e. The number of likely N-dealkylation sites (tertiary alicyclic amines) is 1. The summed E-state index contributed by atoms with van der Waals surface area (Å²) in [5.74, 6) is 1.04. The van der Waals surface area contributed by atoms with Crippen molar-refractivity contribution in [3.05, 3.63) is 23.8 Å². The maximum absolute atomic E-state index is 12.2. The van der Waals surface area contributed by atoms with Crippen molar-refractivity contribution in [1.29, 1.82) is 0 Å². The Bertz CT molecular complexity index is 624. The number of ketones is 1. The van der Waals surface area contributed by atoms with Gasteiger partial charge < -0.3 is 14.4 Å². The van der Waals surface area contributed by atoms with E-state index < -0.39 is 12.8 Å². The SMILES string of the molecule is [2H]C1C[C@@]2(c3ccc(OC)c(OC)c3)CCN(C)[C@H]2C([2H])C1=O. The van der Waals surface area contributed by atoms with Crippen LogP contribution in [0.1, 0.15) is 33.9 Å². The largest absolute Gasteiger partial charge is 0.493 e. The summed E-state index contributed by atoms with van der Waals surface area (Å²) in [6, 6.07) is 5.62. The zero-order chi connectivity index (χ0) is 16.8. The fraction of sp³-hybridized carbons (Fsp3) is 0.588. The lowest BCUT2D eigenvalue weighted by Gasteiger charge is -2.41. The quantitative estimate of drug-likeness (QED) is 0.857. The molecule has 1 saturated heterocycles. The topological polar surface area (TPSA) is 38.8 Å². The zero-order valence-corrected chi connectivity index (χ0v) is 12.8. The highest BCUT2D eigenvalue weighted by molar-refractivity contribution is 5.81. The third-order valence-electron chi connectivity index (χ3n) is 4.90. The smallest absolute Gasteiger partial charge is 0.161 e. The normalized spacial score (nSPS) is 37.7. The van der Waals surface area contributed by atoms with Crippen LogP contribution in [-0.4, -0.2) is 44.5 Å². The third kappa shape index (κ3) is 2.22. The molecule has 0 spiro atoms. The van der Waals surface area contributed by atoms with Gasteiger partial charge in [-0.05, 0) is 44.1 Å². The van der Waals surface area contributed by atoms with Crippen molar-refractivity contribution in [2.45, 2.75) is 37.1 Å². The first kappa shape index (κ1) is 12.0. The predicted molar refractivity (Wildman–Crippen MR) is 81.1 cm³/mol. The molecule has 0 aromatic heterocycles. The highest BCUT2D eigenvalue weighted by atomic mass is 16.5. The number of fused-ring (bicyclic) bond motifs is 1. The van der Waals surface area contributed by atoms with Crippen LogP contribution in [0, 0.1) is 0 Å². The molecular formula is C17H23NO3. The molecule has 4 atom stereocenters. The number of benzene rings is 1. The van der Waals surface area contributed by atoms with E-state index in [1.165, 1.54) is 0 Å². The number of likely N-dealkylation sites (N-methyl/N-ethyl adjacent to an activating group) is 1. The number of nitrogens with zero attached hydrogens (tertiary/aromatic N) is 1. The van der Waals surface area contributed by atoms with Gasteiger partial charge in [0.25, 0.3) is 0 Å². The highest BCUT2D eigenvalue weighted by Crippen LogP contribution is 2.48. The first-order valence-electron chi connectivity index (χ1n) is 8.41. The lowest BCUT2D eigenvalue weighted by molar-refractivity contribution is -0.122. The van der Waals surface area contributed by atoms with Crippen LogP contribution >= 0.6 is 0 Å². The number of methoxy groups -OCH3 is 2. The van der Waals surface area contributed by atoms with Crippen molar-refractivity contribution in [1.82, 2.24) is 4.90 Å². The van der Waals surface area contributed by atoms with Gasteiger partial charge in [0.05, 0.1) is 14.2 Å². The second-order valence-electron chi connectivity index (χ2n) is 5.88. The van der Waals surface area contributed by atoms with Gasteiger partial charge in [-0.1, -0.05) is 6.07 Å². The maximum atomic E-state index is 12.2. The first-order chi connectivity index (χ1) is 10.9. The molecule has 0 bridgehead atoms. The van der Waals surface area contributed by atoms with E-state index in [0.717, 1.165) is 18.5 Å². The molecule has 0 amide bonds. The predicted octanol–water partition coefficient (Wildman–Crippen LogP) is 2.40. The minimum atomic E-state index is -0.869. The van der Waals surface area contributed by atoms with E-state index in [-0.39, 0.29) is 17.2 Å². The fourth-order valence-corrected chi connectivity index (χ4v) is 3.68. The van der Waals surface area contributed by atoms with E-state index in [1.807, 2.05) is 25.2 Å². The zero-order valence-electron chi connectivity index (χ0n) is 14.8. The molecule has 4 nitrogen and oxygen atoms in total. The molecule has 114 valence electrons. The van der Waals surface area contributed by atoms with Crippen LogP contribution < -0.4 is 9.47 Å². The Morgan fingerprint density at radius 1 is 1.29 bits per heavy atom. The Labute approximate surface area is 128 Å². The van der Waals surface area contributed by atoms with Gasteiger partial charge >= 0.3 is 0 Å². The van der Waals surface area contributed by atoms with Gasteiger partial charge in [0, 0.05) is 27.0 Å². The Kier molecular flexibility index (Phi) is 3.06. The number of Topliss-reactive ketones (excluding diaryl/α,β-unsaturated/α-hetero) is 1. The van der Waals surface area contributed by atoms with Crippen LogP contribution in [0.3, 0.4) is 0 Å². The van der Waals surface area contributed by atoms with Crippen LogP contribution in [0.5, 0.6) is 11.5 Å². The number of rotatable bonds is 3. The molecule has 1 aliphatic carbocycles. The molecule has 2 aliphatic rings. The molecule has 3 rings (SSSR count). The lowest BCUT2D eigenvalue weighted by Crippen LogP contribution is -2.46. The molecule has 2 unspecified atom stereocenters. The standard InChI is InChI=1S/C17H23NO3/c1-18-9-8-17(7-6-13(19)11-16(17)18)12-4-5-14(20-2)15(10-12)21-3/h4-5,10,16H,6-9,11H2,1-3H3/t16-,17-/m0/s1/i6D,11D/t6?,11?,16-,17-. The summed E-state index contributed by atoms with van der Waals surface area (Å²) < 4.78 is 27.2. The van der Waals surface area contributed by atoms with Gasteiger partial charge in [0.1, 0.15) is 5.78 Å². The molecule has 1 heterocycles. The first-order valence-corrected chi connectivity index (χ1v) is 7.25. The molecule has 0 radical (unpaired) electrons. The van der Waals surface area contributed by atoms with Crippen molar-refractivity contribution in [2.75, 3.05) is 27.8 Å². The van der Waals surface area contributed by atoms with Gasteiger partial charge in [-0.2, -0.15) is 0 Å². The Hall–Kier alpha value is -1.55. The van der Waals surface area contributed by atoms with E-state index >= 15 is 0 Å². The van der Waals surface area contributed by atoms with Gasteiger partial charge in [-0.15, -0.1) is 0 Å². The van der Waals surface area contributed by atoms with E-state index in [2.05, 4.69) is 4.90 Å². The molecule has 0 N–H and O–H groups in total. The van der Waals surface area contributed by atoms with Crippen molar-refractivity contribution >= 4 is 5.78 Å². The Morgan fingerprint density at radius 3 is 2.76 bits per heavy atom. The van der Waals surface area contributed by atoms with Gasteiger partial charge in [0.2, 0.25) is 0 Å². The van der Waals surface area contributed by atoms with Gasteiger partial charge in [-0.3, -0.25) is 4.79 Å². The van der Waals surface area contributed by atoms with Gasteiger partial charge in [-0.25, -0.2) is 0 Å². The molecule has 4 heteroatoms. The summed E-state index contributed by atoms with van der Waals surface area (Å²) >= 11 is 0. The molecule has 2 fully saturated rings. The second-order valence-corrected chi connectivity index (χ2v) is 5.88. The molecular weight excluding hydrogens is 266 g/mol. The van der Waals surface area contributed by atoms with Crippen molar-refractivity contribution in [2.24, 2.45) is 0 Å². The van der Waals surface area contributed by atoms with E-state index in [4.69, 9.17) is 12.2 Å². The summed E-state index contributed by atoms with van der Waals surface area (Å²) in [7, 11) is 5.16. The van der Waals surface area contributed by atoms with Crippen LogP contribution in [0.15, 0.2) is 18.2 Å². The van der Waals surface area contributed by atoms with Crippen molar-refractivity contribution in [3.63, 3.8) is 0 Å². The molecule has 1 aliphatic heterocycles. The van der Waals surface area contributed by atoms with E-state index in [0.29, 0.717) is 17.9 Å². The number of carbonyl (C=O) groups is 1. The number of hydrogen-bond acceptors (Lipinski definition) is 4. The average Bonchev–Trinajstić information content (AvgIpc) is 2.89. The molecule has 1 saturated carbocycles. The van der Waals surface area contributed by atoms with Crippen LogP contribution in [0.25, 0.3) is 0 Å². The monoisotopic (exact) mass is 291 g/mol. The van der Waals surface area contributed by atoms with Crippen LogP contribution in [-0.2, 0) is 10.2 Å². The number of carbonyl (C=O) groups excluding carboxylic acids is 1. The summed E-state index contributed by atoms with van der Waals surface area (Å²) in [5.41, 5.74) is 0.688.